The molecule has 0 radical (unpaired) electrons. The van der Waals surface area contributed by atoms with Gasteiger partial charge in [0.15, 0.2) is 18.0 Å². The molecule has 4 aromatic carbocycles. The Labute approximate surface area is 433 Å². The van der Waals surface area contributed by atoms with Crippen LogP contribution in [0.15, 0.2) is 109 Å². The number of carbonyl (C=O) groups excluding carboxylic acids is 3. The molecule has 3 saturated heterocycles. The maximum Gasteiger partial charge on any atom is 0.339 e. The van der Waals surface area contributed by atoms with Crippen LogP contribution in [0.25, 0.3) is 6.08 Å². The smallest absolute Gasteiger partial charge is 0.339 e. The van der Waals surface area contributed by atoms with Gasteiger partial charge in [-0.15, -0.1) is 0 Å². The van der Waals surface area contributed by atoms with E-state index in [2.05, 4.69) is 0 Å². The molecular formula is C52H60O24. The van der Waals surface area contributed by atoms with Gasteiger partial charge in [-0.3, -0.25) is 4.79 Å². The second-order valence-corrected chi connectivity index (χ2v) is 18.1. The fourth-order valence-corrected chi connectivity index (χ4v) is 8.35. The van der Waals surface area contributed by atoms with Crippen molar-refractivity contribution in [1.82, 2.24) is 0 Å². The highest BCUT2D eigenvalue weighted by atomic mass is 16.7. The van der Waals surface area contributed by atoms with Crippen LogP contribution in [-0.4, -0.2) is 197 Å². The molecule has 0 aliphatic carbocycles. The third-order valence-corrected chi connectivity index (χ3v) is 12.7. The first-order valence-electron chi connectivity index (χ1n) is 23.9. The lowest BCUT2D eigenvalue weighted by atomic mass is 9.90. The predicted molar refractivity (Wildman–Crippen MR) is 255 cm³/mol. The van der Waals surface area contributed by atoms with Crippen molar-refractivity contribution in [3.8, 4) is 17.2 Å². The minimum atomic E-state index is -2.54. The summed E-state index contributed by atoms with van der Waals surface area (Å²) < 4.78 is 51.2. The van der Waals surface area contributed by atoms with E-state index in [0.717, 1.165) is 6.08 Å². The zero-order valence-electron chi connectivity index (χ0n) is 40.3. The van der Waals surface area contributed by atoms with Crippen LogP contribution in [0.1, 0.15) is 28.7 Å². The monoisotopic (exact) mass is 1070 g/mol. The molecule has 3 fully saturated rings. The lowest BCUT2D eigenvalue weighted by Gasteiger charge is -2.44. The molecule has 412 valence electrons. The minimum Gasteiger partial charge on any atom is -0.508 e. The summed E-state index contributed by atoms with van der Waals surface area (Å²) >= 11 is 0. The number of esters is 3. The van der Waals surface area contributed by atoms with Gasteiger partial charge in [-0.25, -0.2) is 9.59 Å². The summed E-state index contributed by atoms with van der Waals surface area (Å²) in [5.74, 6) is -3.36. The number of aromatic hydroxyl groups is 1. The molecule has 16 atom stereocenters. The van der Waals surface area contributed by atoms with Crippen molar-refractivity contribution in [3.05, 3.63) is 131 Å². The van der Waals surface area contributed by atoms with Crippen molar-refractivity contribution in [1.29, 1.82) is 0 Å². The minimum absolute atomic E-state index is 0.0815. The molecular weight excluding hydrogens is 1010 g/mol. The Morgan fingerprint density at radius 2 is 1.00 bits per heavy atom. The number of hydrogen-bond acceptors (Lipinski definition) is 24. The normalized spacial score (nSPS) is 30.4. The fraction of sp³-hybridized carbons (Fsp3) is 0.442. The van der Waals surface area contributed by atoms with Gasteiger partial charge in [-0.1, -0.05) is 66.7 Å². The van der Waals surface area contributed by atoms with E-state index >= 15 is 0 Å². The van der Waals surface area contributed by atoms with Crippen molar-refractivity contribution in [2.75, 3.05) is 19.8 Å². The molecule has 24 heteroatoms. The number of carbonyl (C=O) groups is 3. The van der Waals surface area contributed by atoms with Crippen LogP contribution >= 0.6 is 0 Å². The van der Waals surface area contributed by atoms with Gasteiger partial charge in [-0.05, 0) is 64.7 Å². The summed E-state index contributed by atoms with van der Waals surface area (Å²) in [5.41, 5.74) is -1.01. The highest BCUT2D eigenvalue weighted by molar-refractivity contribution is 5.87. The van der Waals surface area contributed by atoms with E-state index < -0.39 is 162 Å². The second-order valence-electron chi connectivity index (χ2n) is 18.1. The largest absolute Gasteiger partial charge is 0.508 e. The number of aliphatic hydroxyl groups excluding tert-OH is 11. The highest BCUT2D eigenvalue weighted by Crippen LogP contribution is 2.35. The van der Waals surface area contributed by atoms with Gasteiger partial charge in [-0.2, -0.15) is 0 Å². The molecule has 0 bridgehead atoms. The molecule has 0 amide bonds. The van der Waals surface area contributed by atoms with Crippen LogP contribution in [0, 0.1) is 0 Å². The van der Waals surface area contributed by atoms with Crippen molar-refractivity contribution in [2.45, 2.75) is 124 Å². The molecule has 76 heavy (non-hydrogen) atoms. The van der Waals surface area contributed by atoms with E-state index in [9.17, 15) is 75.7 Å². The van der Waals surface area contributed by atoms with Crippen LogP contribution < -0.4 is 9.47 Å². The molecule has 3 heterocycles. The van der Waals surface area contributed by atoms with Crippen LogP contribution in [-0.2, 0) is 67.2 Å². The van der Waals surface area contributed by atoms with Gasteiger partial charge in [0, 0.05) is 12.5 Å². The fourth-order valence-electron chi connectivity index (χ4n) is 8.35. The average molecular weight is 1070 g/mol. The molecule has 0 saturated carbocycles. The van der Waals surface area contributed by atoms with Gasteiger partial charge in [0.1, 0.15) is 97.6 Å². The number of ether oxygens (including phenoxy) is 9. The van der Waals surface area contributed by atoms with E-state index in [1.54, 1.807) is 30.3 Å². The molecule has 3 aliphatic heterocycles. The molecule has 12 N–H and O–H groups in total. The quantitative estimate of drug-likeness (QED) is 0.0244. The van der Waals surface area contributed by atoms with Gasteiger partial charge >= 0.3 is 17.9 Å². The number of phenolic OH excluding ortho intramolecular Hbond substituents is 1. The van der Waals surface area contributed by atoms with E-state index in [0.29, 0.717) is 16.7 Å². The first kappa shape index (κ1) is 57.5. The lowest BCUT2D eigenvalue weighted by molar-refractivity contribution is -0.326. The molecule has 3 aliphatic rings. The third-order valence-electron chi connectivity index (χ3n) is 12.7. The molecule has 24 nitrogen and oxygen atoms in total. The SMILES string of the molecule is O=C(C=Cc1ccccc1)OC1C(O)C(CO)OC(OC(CC(=O)OCc2ccc(OC3OC(CO)C(O)C(O)C3O)cc2)(Cc2ccc(O)cc2)C(=O)OCc2ccc(OC3OC(CO)C(O)C(O)C3O)cc2)C1O. The van der Waals surface area contributed by atoms with Crippen LogP contribution in [0.5, 0.6) is 17.2 Å². The van der Waals surface area contributed by atoms with Gasteiger partial charge in [0.25, 0.3) is 0 Å². The Hall–Kier alpha value is -6.17. The Kier molecular flexibility index (Phi) is 19.9. The summed E-state index contributed by atoms with van der Waals surface area (Å²) in [6.45, 7) is -3.24. The van der Waals surface area contributed by atoms with E-state index in [-0.39, 0.29) is 22.8 Å². The maximum atomic E-state index is 14.8. The predicted octanol–water partition coefficient (Wildman–Crippen LogP) is -2.01. The van der Waals surface area contributed by atoms with E-state index in [1.807, 2.05) is 0 Å². The lowest BCUT2D eigenvalue weighted by Crippen LogP contribution is -2.63. The van der Waals surface area contributed by atoms with Crippen LogP contribution in [0.3, 0.4) is 0 Å². The molecule has 16 unspecified atom stereocenters. The second kappa shape index (κ2) is 26.3. The molecule has 0 aromatic heterocycles. The van der Waals surface area contributed by atoms with Crippen molar-refractivity contribution < 1.29 is 118 Å². The molecule has 7 rings (SSSR count). The van der Waals surface area contributed by atoms with Gasteiger partial charge < -0.3 is 104 Å². The van der Waals surface area contributed by atoms with Crippen molar-refractivity contribution in [3.63, 3.8) is 0 Å². The number of rotatable bonds is 21. The molecule has 4 aromatic rings. The number of phenols is 1. The number of hydrogen-bond donors (Lipinski definition) is 12. The van der Waals surface area contributed by atoms with Gasteiger partial charge in [0.2, 0.25) is 12.6 Å². The Morgan fingerprint density at radius 1 is 0.526 bits per heavy atom. The van der Waals surface area contributed by atoms with Crippen LogP contribution in [0.4, 0.5) is 0 Å². The number of aliphatic hydroxyl groups is 11. The summed E-state index contributed by atoms with van der Waals surface area (Å²) in [6.07, 6.45) is -24.0. The summed E-state index contributed by atoms with van der Waals surface area (Å²) in [4.78, 5) is 42.0. The van der Waals surface area contributed by atoms with E-state index in [1.165, 1.54) is 78.9 Å². The Bertz CT molecular complexity index is 2510. The van der Waals surface area contributed by atoms with E-state index in [4.69, 9.17) is 42.6 Å². The first-order valence-corrected chi connectivity index (χ1v) is 23.9. The summed E-state index contributed by atoms with van der Waals surface area (Å²) in [7, 11) is 0. The molecule has 0 spiro atoms. The van der Waals surface area contributed by atoms with Crippen molar-refractivity contribution >= 4 is 24.0 Å². The summed E-state index contributed by atoms with van der Waals surface area (Å²) in [5, 5.41) is 124. The standard InChI is InChI=1S/C52H60O24/c53-22-34-39(59)42(62)44(64)48(72-34)70-32-15-8-29(9-16-32)25-68-38(58)21-52(20-28-6-13-31(56)14-7-28,51(67)69-26-30-10-17-33(18-11-30)71-49-45(65)43(63)40(60)35(23-54)73-49)76-50-46(66)47(41(61)36(24-55)74-50)75-37(57)19-12-27-4-2-1-3-5-27/h1-19,34-36,39-50,53-56,59-66H,20-26H2. The Morgan fingerprint density at radius 3 is 1.51 bits per heavy atom. The Balaban J connectivity index is 1.13. The first-order chi connectivity index (χ1) is 36.4. The topological polar surface area (TPSA) is 377 Å². The van der Waals surface area contributed by atoms with Crippen molar-refractivity contribution in [2.24, 2.45) is 0 Å². The third kappa shape index (κ3) is 14.2. The number of benzene rings is 4. The highest BCUT2D eigenvalue weighted by Gasteiger charge is 2.54. The van der Waals surface area contributed by atoms with Crippen LogP contribution in [0.2, 0.25) is 0 Å². The average Bonchev–Trinajstić information content (AvgIpc) is 3.43. The maximum absolute atomic E-state index is 14.8. The summed E-state index contributed by atoms with van der Waals surface area (Å²) in [6, 6.07) is 25.4. The van der Waals surface area contributed by atoms with Gasteiger partial charge in [0.05, 0.1) is 26.2 Å². The zero-order chi connectivity index (χ0) is 54.7. The zero-order valence-corrected chi connectivity index (χ0v) is 40.3.